The Morgan fingerprint density at radius 3 is 2.53 bits per heavy atom. The zero-order valence-corrected chi connectivity index (χ0v) is 9.67. The Hall–Kier alpha value is -1.07. The number of hydrogen-bond donors (Lipinski definition) is 1. The lowest BCUT2D eigenvalue weighted by molar-refractivity contribution is 0.397. The maximum absolute atomic E-state index is 11.5. The maximum atomic E-state index is 11.5. The highest BCUT2D eigenvalue weighted by Crippen LogP contribution is 2.27. The minimum atomic E-state index is -3.25. The number of sulfone groups is 1. The Bertz CT molecular complexity index is 440. The van der Waals surface area contributed by atoms with Crippen LogP contribution >= 0.6 is 0 Å². The summed E-state index contributed by atoms with van der Waals surface area (Å²) in [6.07, 6.45) is 1.77. The fourth-order valence-corrected chi connectivity index (χ4v) is 2.31. The number of para-hydroxylation sites is 1. The normalized spacial score (nSPS) is 11.4. The molecule has 0 aliphatic heterocycles. The van der Waals surface area contributed by atoms with Crippen molar-refractivity contribution in [1.29, 1.82) is 0 Å². The van der Waals surface area contributed by atoms with E-state index in [4.69, 9.17) is 10.5 Å². The fourth-order valence-electron chi connectivity index (χ4n) is 1.44. The molecule has 0 atom stereocenters. The van der Waals surface area contributed by atoms with Crippen molar-refractivity contribution >= 4 is 9.84 Å². The molecule has 0 aliphatic rings. The Labute approximate surface area is 90.0 Å². The Morgan fingerprint density at radius 2 is 2.07 bits per heavy atom. The van der Waals surface area contributed by atoms with Crippen LogP contribution in [0.15, 0.2) is 23.1 Å². The third-order valence-corrected chi connectivity index (χ3v) is 3.20. The van der Waals surface area contributed by atoms with Crippen LogP contribution in [0.2, 0.25) is 0 Å². The number of hydrogen-bond acceptors (Lipinski definition) is 4. The lowest BCUT2D eigenvalue weighted by Crippen LogP contribution is -2.07. The van der Waals surface area contributed by atoms with Gasteiger partial charge in [-0.25, -0.2) is 8.42 Å². The molecule has 0 radical (unpaired) electrons. The zero-order chi connectivity index (χ0) is 11.5. The first-order chi connectivity index (χ1) is 7.00. The van der Waals surface area contributed by atoms with Crippen LogP contribution in [0.1, 0.15) is 5.56 Å². The predicted octanol–water partition coefficient (Wildman–Crippen LogP) is 0.600. The van der Waals surface area contributed by atoms with Gasteiger partial charge in [0, 0.05) is 6.26 Å². The fraction of sp³-hybridized carbons (Fsp3) is 0.400. The third kappa shape index (κ3) is 2.70. The standard InChI is InChI=1S/C10H15NO3S/c1-14-10-8(6-7-11)4-3-5-9(10)15(2,12)13/h3-5H,6-7,11H2,1-2H3. The maximum Gasteiger partial charge on any atom is 0.179 e. The van der Waals surface area contributed by atoms with Crippen molar-refractivity contribution < 1.29 is 13.2 Å². The molecular weight excluding hydrogens is 214 g/mol. The summed E-state index contributed by atoms with van der Waals surface area (Å²) in [5.41, 5.74) is 6.26. The summed E-state index contributed by atoms with van der Waals surface area (Å²) < 4.78 is 28.0. The van der Waals surface area contributed by atoms with Crippen molar-refractivity contribution in [3.05, 3.63) is 23.8 Å². The van der Waals surface area contributed by atoms with Gasteiger partial charge in [0.1, 0.15) is 10.6 Å². The molecule has 0 saturated heterocycles. The van der Waals surface area contributed by atoms with E-state index in [0.717, 1.165) is 11.8 Å². The van der Waals surface area contributed by atoms with E-state index in [-0.39, 0.29) is 4.90 Å². The highest BCUT2D eigenvalue weighted by atomic mass is 32.2. The summed E-state index contributed by atoms with van der Waals surface area (Å²) >= 11 is 0. The first kappa shape index (κ1) is 12.0. The van der Waals surface area contributed by atoms with Crippen LogP contribution in [-0.2, 0) is 16.3 Å². The molecule has 0 fully saturated rings. The van der Waals surface area contributed by atoms with E-state index in [2.05, 4.69) is 0 Å². The second-order valence-electron chi connectivity index (χ2n) is 3.26. The second-order valence-corrected chi connectivity index (χ2v) is 5.24. The van der Waals surface area contributed by atoms with E-state index in [1.807, 2.05) is 6.07 Å². The molecule has 0 spiro atoms. The molecule has 0 saturated carbocycles. The number of methoxy groups -OCH3 is 1. The molecule has 15 heavy (non-hydrogen) atoms. The summed E-state index contributed by atoms with van der Waals surface area (Å²) in [5, 5.41) is 0. The quantitative estimate of drug-likeness (QED) is 0.820. The molecule has 0 amide bonds. The number of nitrogens with two attached hydrogens (primary N) is 1. The molecule has 1 aromatic rings. The van der Waals surface area contributed by atoms with Crippen molar-refractivity contribution in [2.75, 3.05) is 19.9 Å². The van der Waals surface area contributed by atoms with Crippen molar-refractivity contribution in [3.8, 4) is 5.75 Å². The molecule has 0 aliphatic carbocycles. The van der Waals surface area contributed by atoms with Crippen molar-refractivity contribution in [2.45, 2.75) is 11.3 Å². The first-order valence-electron chi connectivity index (χ1n) is 4.56. The zero-order valence-electron chi connectivity index (χ0n) is 8.86. The highest BCUT2D eigenvalue weighted by Gasteiger charge is 2.16. The molecular formula is C10H15NO3S. The predicted molar refractivity (Wildman–Crippen MR) is 58.9 cm³/mol. The topological polar surface area (TPSA) is 69.4 Å². The van der Waals surface area contributed by atoms with E-state index in [1.165, 1.54) is 13.2 Å². The first-order valence-corrected chi connectivity index (χ1v) is 6.46. The van der Waals surface area contributed by atoms with Gasteiger partial charge in [0.15, 0.2) is 9.84 Å². The van der Waals surface area contributed by atoms with Gasteiger partial charge in [-0.1, -0.05) is 12.1 Å². The Kier molecular flexibility index (Phi) is 3.71. The number of ether oxygens (including phenoxy) is 1. The van der Waals surface area contributed by atoms with E-state index in [0.29, 0.717) is 18.7 Å². The van der Waals surface area contributed by atoms with E-state index >= 15 is 0 Å². The molecule has 0 unspecified atom stereocenters. The van der Waals surface area contributed by atoms with Gasteiger partial charge in [0.05, 0.1) is 7.11 Å². The smallest absolute Gasteiger partial charge is 0.179 e. The SMILES string of the molecule is COc1c(CCN)cccc1S(C)(=O)=O. The average molecular weight is 229 g/mol. The van der Waals surface area contributed by atoms with Crippen molar-refractivity contribution in [1.82, 2.24) is 0 Å². The van der Waals surface area contributed by atoms with Crippen molar-refractivity contribution in [2.24, 2.45) is 5.73 Å². The molecule has 5 heteroatoms. The van der Waals surface area contributed by atoms with Crippen molar-refractivity contribution in [3.63, 3.8) is 0 Å². The second kappa shape index (κ2) is 4.63. The minimum absolute atomic E-state index is 0.218. The Balaban J connectivity index is 3.35. The summed E-state index contributed by atoms with van der Waals surface area (Å²) in [4.78, 5) is 0.218. The monoisotopic (exact) mass is 229 g/mol. The van der Waals surface area contributed by atoms with Crippen LogP contribution in [0.5, 0.6) is 5.75 Å². The molecule has 0 bridgehead atoms. The molecule has 2 N–H and O–H groups in total. The number of rotatable bonds is 4. The molecule has 0 aromatic heterocycles. The molecule has 0 heterocycles. The third-order valence-electron chi connectivity index (χ3n) is 2.08. The van der Waals surface area contributed by atoms with Crippen LogP contribution in [-0.4, -0.2) is 28.3 Å². The Morgan fingerprint density at radius 1 is 1.40 bits per heavy atom. The van der Waals surface area contributed by atoms with Gasteiger partial charge >= 0.3 is 0 Å². The summed E-state index contributed by atoms with van der Waals surface area (Å²) in [5.74, 6) is 0.408. The lowest BCUT2D eigenvalue weighted by atomic mass is 10.1. The summed E-state index contributed by atoms with van der Waals surface area (Å²) in [7, 11) is -1.79. The van der Waals surface area contributed by atoms with Gasteiger partial charge in [0.25, 0.3) is 0 Å². The van der Waals surface area contributed by atoms with Crippen LogP contribution < -0.4 is 10.5 Å². The van der Waals surface area contributed by atoms with Crippen LogP contribution in [0.3, 0.4) is 0 Å². The van der Waals surface area contributed by atoms with Crippen LogP contribution in [0.25, 0.3) is 0 Å². The summed E-state index contributed by atoms with van der Waals surface area (Å²) in [6, 6.07) is 5.05. The number of benzene rings is 1. The van der Waals surface area contributed by atoms with Gasteiger partial charge in [0.2, 0.25) is 0 Å². The van der Waals surface area contributed by atoms with Gasteiger partial charge in [-0.2, -0.15) is 0 Å². The molecule has 84 valence electrons. The summed E-state index contributed by atoms with van der Waals surface area (Å²) in [6.45, 7) is 0.462. The molecule has 1 aromatic carbocycles. The van der Waals surface area contributed by atoms with Crippen LogP contribution in [0, 0.1) is 0 Å². The average Bonchev–Trinajstić information content (AvgIpc) is 2.16. The van der Waals surface area contributed by atoms with Gasteiger partial charge in [-0.05, 0) is 24.6 Å². The molecule has 1 rings (SSSR count). The van der Waals surface area contributed by atoms with E-state index in [9.17, 15) is 8.42 Å². The minimum Gasteiger partial charge on any atom is -0.495 e. The van der Waals surface area contributed by atoms with Crippen LogP contribution in [0.4, 0.5) is 0 Å². The van der Waals surface area contributed by atoms with E-state index in [1.54, 1.807) is 6.07 Å². The van der Waals surface area contributed by atoms with E-state index < -0.39 is 9.84 Å². The van der Waals surface area contributed by atoms with Gasteiger partial charge < -0.3 is 10.5 Å². The van der Waals surface area contributed by atoms with Gasteiger partial charge in [-0.3, -0.25) is 0 Å². The largest absolute Gasteiger partial charge is 0.495 e. The molecule has 4 nitrogen and oxygen atoms in total. The lowest BCUT2D eigenvalue weighted by Gasteiger charge is -2.11. The highest BCUT2D eigenvalue weighted by molar-refractivity contribution is 7.90. The van der Waals surface area contributed by atoms with Gasteiger partial charge in [-0.15, -0.1) is 0 Å².